The van der Waals surface area contributed by atoms with Crippen molar-refractivity contribution in [3.63, 3.8) is 0 Å². The molecule has 0 fully saturated rings. The second kappa shape index (κ2) is 4.65. The van der Waals surface area contributed by atoms with E-state index in [2.05, 4.69) is 9.97 Å². The van der Waals surface area contributed by atoms with Gasteiger partial charge in [0.2, 0.25) is 0 Å². The molecule has 0 aliphatic carbocycles. The summed E-state index contributed by atoms with van der Waals surface area (Å²) in [5.41, 5.74) is 2.49. The molecule has 0 radical (unpaired) electrons. The average molecular weight is 251 g/mol. The summed E-state index contributed by atoms with van der Waals surface area (Å²) in [5, 5.41) is 0.650. The first-order valence-corrected chi connectivity index (χ1v) is 6.20. The van der Waals surface area contributed by atoms with Gasteiger partial charge in [-0.1, -0.05) is 0 Å². The molecule has 4 nitrogen and oxygen atoms in total. The fraction of sp³-hybridized carbons (Fsp3) is 0.133. The van der Waals surface area contributed by atoms with Crippen LogP contribution in [0.25, 0.3) is 22.3 Å². The minimum atomic E-state index is -0.00773. The third-order valence-corrected chi connectivity index (χ3v) is 3.14. The summed E-state index contributed by atoms with van der Waals surface area (Å²) in [6, 6.07) is 9.06. The van der Waals surface area contributed by atoms with Gasteiger partial charge in [-0.15, -0.1) is 0 Å². The number of aromatic nitrogens is 3. The SMILES string of the molecule is CCn1c(-c2cccnc2)cc(=O)c2cccnc21. The Labute approximate surface area is 110 Å². The molecule has 3 aromatic rings. The lowest BCUT2D eigenvalue weighted by molar-refractivity contribution is 0.785. The van der Waals surface area contributed by atoms with Crippen LogP contribution in [0, 0.1) is 0 Å². The summed E-state index contributed by atoms with van der Waals surface area (Å²) in [7, 11) is 0. The molecule has 0 aromatic carbocycles. The lowest BCUT2D eigenvalue weighted by Crippen LogP contribution is -2.12. The number of nitrogens with zero attached hydrogens (tertiary/aromatic N) is 3. The number of hydrogen-bond donors (Lipinski definition) is 0. The highest BCUT2D eigenvalue weighted by Gasteiger charge is 2.10. The molecule has 0 bridgehead atoms. The van der Waals surface area contributed by atoms with Crippen molar-refractivity contribution < 1.29 is 0 Å². The van der Waals surface area contributed by atoms with Crippen LogP contribution in [0.5, 0.6) is 0 Å². The van der Waals surface area contributed by atoms with E-state index < -0.39 is 0 Å². The summed E-state index contributed by atoms with van der Waals surface area (Å²) in [4.78, 5) is 20.6. The maximum absolute atomic E-state index is 12.2. The van der Waals surface area contributed by atoms with Crippen LogP contribution >= 0.6 is 0 Å². The van der Waals surface area contributed by atoms with Crippen molar-refractivity contribution in [1.82, 2.24) is 14.5 Å². The Hall–Kier alpha value is -2.49. The molecule has 0 atom stereocenters. The van der Waals surface area contributed by atoms with Gasteiger partial charge in [0, 0.05) is 36.8 Å². The Morgan fingerprint density at radius 1 is 1.21 bits per heavy atom. The van der Waals surface area contributed by atoms with Gasteiger partial charge in [0.05, 0.1) is 11.1 Å². The summed E-state index contributed by atoms with van der Waals surface area (Å²) >= 11 is 0. The standard InChI is InChI=1S/C15H13N3O/c1-2-18-13(11-5-3-7-16-10-11)9-14(19)12-6-4-8-17-15(12)18/h3-10H,2H2,1H3. The summed E-state index contributed by atoms with van der Waals surface area (Å²) in [6.07, 6.45) is 5.19. The number of hydrogen-bond acceptors (Lipinski definition) is 3. The molecule has 0 aliphatic heterocycles. The fourth-order valence-electron chi connectivity index (χ4n) is 2.27. The molecule has 0 aliphatic rings. The van der Waals surface area contributed by atoms with Gasteiger partial charge >= 0.3 is 0 Å². The van der Waals surface area contributed by atoms with Crippen molar-refractivity contribution in [3.8, 4) is 11.3 Å². The normalized spacial score (nSPS) is 10.8. The molecule has 0 unspecified atom stereocenters. The molecule has 3 aromatic heterocycles. The van der Waals surface area contributed by atoms with E-state index >= 15 is 0 Å². The van der Waals surface area contributed by atoms with Gasteiger partial charge in [-0.3, -0.25) is 9.78 Å². The predicted octanol–water partition coefficient (Wildman–Crippen LogP) is 2.48. The summed E-state index contributed by atoms with van der Waals surface area (Å²) in [6.45, 7) is 2.79. The van der Waals surface area contributed by atoms with E-state index in [-0.39, 0.29) is 5.43 Å². The predicted molar refractivity (Wildman–Crippen MR) is 74.9 cm³/mol. The Bertz CT molecular complexity index is 778. The molecule has 3 heterocycles. The highest BCUT2D eigenvalue weighted by Crippen LogP contribution is 2.20. The minimum Gasteiger partial charge on any atom is -0.325 e. The molecular formula is C15H13N3O. The molecule has 0 spiro atoms. The van der Waals surface area contributed by atoms with E-state index in [0.717, 1.165) is 23.4 Å². The lowest BCUT2D eigenvalue weighted by atomic mass is 10.1. The van der Waals surface area contributed by atoms with Crippen LogP contribution in [0.3, 0.4) is 0 Å². The highest BCUT2D eigenvalue weighted by atomic mass is 16.1. The monoisotopic (exact) mass is 251 g/mol. The van der Waals surface area contributed by atoms with Crippen molar-refractivity contribution >= 4 is 11.0 Å². The molecule has 3 rings (SSSR count). The van der Waals surface area contributed by atoms with Crippen molar-refractivity contribution in [1.29, 1.82) is 0 Å². The van der Waals surface area contributed by atoms with Crippen molar-refractivity contribution in [2.75, 3.05) is 0 Å². The molecule has 0 saturated heterocycles. The zero-order valence-electron chi connectivity index (χ0n) is 10.6. The topological polar surface area (TPSA) is 47.8 Å². The Kier molecular flexibility index (Phi) is 2.83. The first-order chi connectivity index (χ1) is 9.31. The van der Waals surface area contributed by atoms with E-state index in [1.54, 1.807) is 30.7 Å². The second-order valence-corrected chi connectivity index (χ2v) is 4.25. The third-order valence-electron chi connectivity index (χ3n) is 3.14. The first kappa shape index (κ1) is 11.6. The lowest BCUT2D eigenvalue weighted by Gasteiger charge is -2.13. The van der Waals surface area contributed by atoms with Crippen LogP contribution in [-0.4, -0.2) is 14.5 Å². The number of fused-ring (bicyclic) bond motifs is 1. The van der Waals surface area contributed by atoms with Gasteiger partial charge in [0.25, 0.3) is 0 Å². The van der Waals surface area contributed by atoms with Gasteiger partial charge in [0.15, 0.2) is 5.43 Å². The van der Waals surface area contributed by atoms with Gasteiger partial charge in [-0.25, -0.2) is 4.98 Å². The van der Waals surface area contributed by atoms with Crippen LogP contribution in [0.4, 0.5) is 0 Å². The van der Waals surface area contributed by atoms with E-state index in [0.29, 0.717) is 5.39 Å². The minimum absolute atomic E-state index is 0.00773. The van der Waals surface area contributed by atoms with Crippen LogP contribution in [0.15, 0.2) is 53.7 Å². The molecular weight excluding hydrogens is 238 g/mol. The highest BCUT2D eigenvalue weighted by molar-refractivity contribution is 5.78. The van der Waals surface area contributed by atoms with Crippen molar-refractivity contribution in [2.45, 2.75) is 13.5 Å². The number of pyridine rings is 3. The van der Waals surface area contributed by atoms with Crippen molar-refractivity contribution in [2.24, 2.45) is 0 Å². The van der Waals surface area contributed by atoms with Gasteiger partial charge < -0.3 is 4.57 Å². The third kappa shape index (κ3) is 1.91. The quantitative estimate of drug-likeness (QED) is 0.703. The van der Waals surface area contributed by atoms with Crippen LogP contribution in [0.2, 0.25) is 0 Å². The Balaban J connectivity index is 2.41. The Morgan fingerprint density at radius 2 is 2.05 bits per heavy atom. The average Bonchev–Trinajstić information content (AvgIpc) is 2.48. The summed E-state index contributed by atoms with van der Waals surface area (Å²) in [5.74, 6) is 0. The van der Waals surface area contributed by atoms with Crippen molar-refractivity contribution in [3.05, 3.63) is 59.1 Å². The molecule has 94 valence electrons. The maximum atomic E-state index is 12.2. The Morgan fingerprint density at radius 3 is 2.79 bits per heavy atom. The molecule has 19 heavy (non-hydrogen) atoms. The maximum Gasteiger partial charge on any atom is 0.191 e. The largest absolute Gasteiger partial charge is 0.325 e. The molecule has 0 N–H and O–H groups in total. The second-order valence-electron chi connectivity index (χ2n) is 4.25. The smallest absolute Gasteiger partial charge is 0.191 e. The number of rotatable bonds is 2. The first-order valence-electron chi connectivity index (χ1n) is 6.20. The van der Waals surface area contributed by atoms with Crippen LogP contribution < -0.4 is 5.43 Å². The molecule has 4 heteroatoms. The summed E-state index contributed by atoms with van der Waals surface area (Å²) < 4.78 is 2.04. The van der Waals surface area contributed by atoms with Crippen LogP contribution in [0.1, 0.15) is 6.92 Å². The number of aryl methyl sites for hydroxylation is 1. The van der Waals surface area contributed by atoms with Gasteiger partial charge in [0.1, 0.15) is 5.65 Å². The van der Waals surface area contributed by atoms with Gasteiger partial charge in [-0.2, -0.15) is 0 Å². The van der Waals surface area contributed by atoms with E-state index in [4.69, 9.17) is 0 Å². The zero-order valence-corrected chi connectivity index (χ0v) is 10.6. The van der Waals surface area contributed by atoms with Crippen LogP contribution in [-0.2, 0) is 6.54 Å². The van der Waals surface area contributed by atoms with Gasteiger partial charge in [-0.05, 0) is 31.2 Å². The zero-order chi connectivity index (χ0) is 13.2. The van der Waals surface area contributed by atoms with E-state index in [1.807, 2.05) is 29.7 Å². The van der Waals surface area contributed by atoms with E-state index in [1.165, 1.54) is 0 Å². The fourth-order valence-corrected chi connectivity index (χ4v) is 2.27. The van der Waals surface area contributed by atoms with E-state index in [9.17, 15) is 4.79 Å². The molecule has 0 amide bonds. The molecule has 0 saturated carbocycles.